The molecule has 2 heterocycles. The van der Waals surface area contributed by atoms with Gasteiger partial charge in [0.1, 0.15) is 11.6 Å². The maximum atomic E-state index is 13.7. The van der Waals surface area contributed by atoms with E-state index in [0.29, 0.717) is 11.1 Å². The number of amides is 1. The lowest BCUT2D eigenvalue weighted by Gasteiger charge is -2.34. The van der Waals surface area contributed by atoms with Crippen molar-refractivity contribution in [2.75, 3.05) is 0 Å². The molecule has 1 aliphatic heterocycles. The molecule has 4 nitrogen and oxygen atoms in total. The number of ketones is 1. The van der Waals surface area contributed by atoms with Gasteiger partial charge in [0.15, 0.2) is 0 Å². The van der Waals surface area contributed by atoms with E-state index in [1.807, 2.05) is 17.5 Å². The van der Waals surface area contributed by atoms with Crippen LogP contribution in [0.5, 0.6) is 0 Å². The minimum absolute atomic E-state index is 0.00226. The summed E-state index contributed by atoms with van der Waals surface area (Å²) in [6, 6.07) is 7.39. The Bertz CT molecular complexity index is 945. The van der Waals surface area contributed by atoms with Crippen molar-refractivity contribution in [3.63, 3.8) is 0 Å². The van der Waals surface area contributed by atoms with Crippen LogP contribution < -0.4 is 0 Å². The summed E-state index contributed by atoms with van der Waals surface area (Å²) in [7, 11) is 0. The Balaban J connectivity index is 1.85. The first-order valence-electron chi connectivity index (χ1n) is 9.59. The van der Waals surface area contributed by atoms with Crippen LogP contribution in [0, 0.1) is 12.7 Å². The molecule has 6 heteroatoms. The van der Waals surface area contributed by atoms with Gasteiger partial charge in [-0.05, 0) is 55.0 Å². The number of rotatable bonds is 3. The maximum Gasteiger partial charge on any atom is 0.295 e. The maximum absolute atomic E-state index is 13.7. The number of likely N-dealkylation sites (tertiary alicyclic amines) is 1. The number of aryl methyl sites for hydroxylation is 1. The molecule has 1 aromatic carbocycles. The summed E-state index contributed by atoms with van der Waals surface area (Å²) < 4.78 is 13.7. The van der Waals surface area contributed by atoms with E-state index in [2.05, 4.69) is 0 Å². The number of Topliss-reactive ketones (excluding diaryl/α,β-unsaturated/α-hetero) is 1. The molecule has 0 radical (unpaired) electrons. The second-order valence-electron chi connectivity index (χ2n) is 7.48. The van der Waals surface area contributed by atoms with Gasteiger partial charge in [-0.2, -0.15) is 0 Å². The van der Waals surface area contributed by atoms with Crippen LogP contribution in [-0.4, -0.2) is 27.7 Å². The number of carbonyl (C=O) groups excluding carboxylic acids is 2. The second kappa shape index (κ2) is 7.51. The van der Waals surface area contributed by atoms with E-state index in [-0.39, 0.29) is 23.2 Å². The Kier molecular flexibility index (Phi) is 5.06. The average molecular weight is 399 g/mol. The molecular formula is C22H22FNO3S. The molecule has 1 unspecified atom stereocenters. The monoisotopic (exact) mass is 399 g/mol. The average Bonchev–Trinajstić information content (AvgIpc) is 3.31. The number of aliphatic hydroxyl groups excluding tert-OH is 1. The van der Waals surface area contributed by atoms with E-state index >= 15 is 0 Å². The Morgan fingerprint density at radius 1 is 1.18 bits per heavy atom. The van der Waals surface area contributed by atoms with Crippen LogP contribution in [0.3, 0.4) is 0 Å². The lowest BCUT2D eigenvalue weighted by Crippen LogP contribution is -2.40. The topological polar surface area (TPSA) is 57.6 Å². The highest BCUT2D eigenvalue weighted by atomic mass is 32.1. The van der Waals surface area contributed by atoms with Crippen molar-refractivity contribution in [3.8, 4) is 0 Å². The van der Waals surface area contributed by atoms with Gasteiger partial charge >= 0.3 is 0 Å². The van der Waals surface area contributed by atoms with Crippen molar-refractivity contribution < 1.29 is 19.1 Å². The molecule has 2 aromatic rings. The van der Waals surface area contributed by atoms with E-state index in [4.69, 9.17) is 0 Å². The summed E-state index contributed by atoms with van der Waals surface area (Å²) in [6.07, 6.45) is 4.93. The first-order chi connectivity index (χ1) is 13.5. The van der Waals surface area contributed by atoms with E-state index in [0.717, 1.165) is 37.0 Å². The molecule has 1 aliphatic carbocycles. The predicted octanol–water partition coefficient (Wildman–Crippen LogP) is 4.95. The van der Waals surface area contributed by atoms with Crippen molar-refractivity contribution in [2.45, 2.75) is 51.1 Å². The molecule has 0 bridgehead atoms. The van der Waals surface area contributed by atoms with E-state index in [1.54, 1.807) is 11.8 Å². The molecule has 4 rings (SSSR count). The summed E-state index contributed by atoms with van der Waals surface area (Å²) >= 11 is 1.46. The zero-order valence-electron chi connectivity index (χ0n) is 15.7. The molecule has 2 aliphatic rings. The SMILES string of the molecule is Cc1cc(/C(O)=C2/C(=O)C(=O)N(C3CCCCC3)C2c2cccs2)ccc1F. The Hall–Kier alpha value is -2.47. The van der Waals surface area contributed by atoms with Gasteiger partial charge in [-0.1, -0.05) is 25.3 Å². The highest BCUT2D eigenvalue weighted by Gasteiger charge is 2.49. The largest absolute Gasteiger partial charge is 0.507 e. The molecule has 1 atom stereocenters. The summed E-state index contributed by atoms with van der Waals surface area (Å²) in [4.78, 5) is 28.4. The minimum Gasteiger partial charge on any atom is -0.507 e. The van der Waals surface area contributed by atoms with Crippen LogP contribution >= 0.6 is 11.3 Å². The van der Waals surface area contributed by atoms with Crippen molar-refractivity contribution in [3.05, 3.63) is 63.1 Å². The van der Waals surface area contributed by atoms with Gasteiger partial charge in [0, 0.05) is 16.5 Å². The zero-order chi connectivity index (χ0) is 19.8. The number of halogens is 1. The van der Waals surface area contributed by atoms with Crippen molar-refractivity contribution in [1.82, 2.24) is 4.90 Å². The van der Waals surface area contributed by atoms with E-state index in [9.17, 15) is 19.1 Å². The summed E-state index contributed by atoms with van der Waals surface area (Å²) in [6.45, 7) is 1.60. The van der Waals surface area contributed by atoms with Gasteiger partial charge in [0.2, 0.25) is 0 Å². The third kappa shape index (κ3) is 3.15. The number of carbonyl (C=O) groups is 2. The molecule has 0 spiro atoms. The third-order valence-corrected chi connectivity index (χ3v) is 6.62. The molecule has 146 valence electrons. The first-order valence-corrected chi connectivity index (χ1v) is 10.5. The van der Waals surface area contributed by atoms with Crippen molar-refractivity contribution in [2.24, 2.45) is 0 Å². The molecular weight excluding hydrogens is 377 g/mol. The lowest BCUT2D eigenvalue weighted by atomic mass is 9.92. The fourth-order valence-electron chi connectivity index (χ4n) is 4.26. The van der Waals surface area contributed by atoms with Crippen LogP contribution in [-0.2, 0) is 9.59 Å². The van der Waals surface area contributed by atoms with Gasteiger partial charge in [0.25, 0.3) is 11.7 Å². The number of hydrogen-bond donors (Lipinski definition) is 1. The number of thiophene rings is 1. The summed E-state index contributed by atoms with van der Waals surface area (Å²) in [5, 5.41) is 12.9. The molecule has 1 saturated heterocycles. The third-order valence-electron chi connectivity index (χ3n) is 5.69. The van der Waals surface area contributed by atoms with Gasteiger partial charge in [-0.3, -0.25) is 9.59 Å². The van der Waals surface area contributed by atoms with Crippen LogP contribution in [0.15, 0.2) is 41.3 Å². The highest BCUT2D eigenvalue weighted by molar-refractivity contribution is 7.10. The predicted molar refractivity (Wildman–Crippen MR) is 106 cm³/mol. The van der Waals surface area contributed by atoms with E-state index in [1.165, 1.54) is 29.5 Å². The van der Waals surface area contributed by atoms with Crippen LogP contribution in [0.25, 0.3) is 5.76 Å². The Morgan fingerprint density at radius 2 is 1.93 bits per heavy atom. The minimum atomic E-state index is -0.663. The summed E-state index contributed by atoms with van der Waals surface area (Å²) in [5.41, 5.74) is 0.823. The van der Waals surface area contributed by atoms with E-state index < -0.39 is 17.7 Å². The normalized spacial score (nSPS) is 22.8. The van der Waals surface area contributed by atoms with Gasteiger partial charge in [0.05, 0.1) is 11.6 Å². The zero-order valence-corrected chi connectivity index (χ0v) is 16.5. The smallest absolute Gasteiger partial charge is 0.295 e. The highest BCUT2D eigenvalue weighted by Crippen LogP contribution is 2.44. The molecule has 1 amide bonds. The van der Waals surface area contributed by atoms with Gasteiger partial charge < -0.3 is 10.0 Å². The lowest BCUT2D eigenvalue weighted by molar-refractivity contribution is -0.141. The van der Waals surface area contributed by atoms with Crippen molar-refractivity contribution in [1.29, 1.82) is 0 Å². The fourth-order valence-corrected chi connectivity index (χ4v) is 5.09. The molecule has 28 heavy (non-hydrogen) atoms. The molecule has 1 aromatic heterocycles. The summed E-state index contributed by atoms with van der Waals surface area (Å²) in [5.74, 6) is -1.83. The standard InChI is InChI=1S/C22H22FNO3S/c1-13-12-14(9-10-16(13)23)20(25)18-19(17-8-5-11-28-17)24(22(27)21(18)26)15-6-3-2-4-7-15/h5,8-12,15,19,25H,2-4,6-7H2,1H3/b20-18-. The molecule has 1 N–H and O–H groups in total. The van der Waals surface area contributed by atoms with Crippen molar-refractivity contribution >= 4 is 28.8 Å². The number of nitrogens with zero attached hydrogens (tertiary/aromatic N) is 1. The Morgan fingerprint density at radius 3 is 2.57 bits per heavy atom. The Labute approximate surface area is 167 Å². The molecule has 2 fully saturated rings. The van der Waals surface area contributed by atoms with Crippen LogP contribution in [0.2, 0.25) is 0 Å². The molecule has 1 saturated carbocycles. The quantitative estimate of drug-likeness (QED) is 0.451. The number of benzene rings is 1. The fraction of sp³-hybridized carbons (Fsp3) is 0.364. The first kappa shape index (κ1) is 18.9. The number of aliphatic hydroxyl groups is 1. The van der Waals surface area contributed by atoms with Gasteiger partial charge in [-0.15, -0.1) is 11.3 Å². The van der Waals surface area contributed by atoms with Crippen LogP contribution in [0.1, 0.15) is 54.1 Å². The van der Waals surface area contributed by atoms with Gasteiger partial charge in [-0.25, -0.2) is 4.39 Å². The second-order valence-corrected chi connectivity index (χ2v) is 8.46. The van der Waals surface area contributed by atoms with Crippen LogP contribution in [0.4, 0.5) is 4.39 Å². The number of hydrogen-bond acceptors (Lipinski definition) is 4.